The smallest absolute Gasteiger partial charge is 0.408 e. The van der Waals surface area contributed by atoms with E-state index < -0.39 is 29.1 Å². The van der Waals surface area contributed by atoms with E-state index in [-0.39, 0.29) is 17.7 Å². The fourth-order valence-electron chi connectivity index (χ4n) is 3.93. The van der Waals surface area contributed by atoms with Gasteiger partial charge in [0, 0.05) is 17.5 Å². The minimum absolute atomic E-state index is 0.0416. The Morgan fingerprint density at radius 3 is 2.52 bits per heavy atom. The van der Waals surface area contributed by atoms with Gasteiger partial charge >= 0.3 is 12.1 Å². The second-order valence-corrected chi connectivity index (χ2v) is 8.17. The lowest BCUT2D eigenvalue weighted by Gasteiger charge is -2.46. The number of hydrogen-bond donors (Lipinski definition) is 1. The van der Waals surface area contributed by atoms with Gasteiger partial charge in [-0.05, 0) is 50.3 Å². The number of ether oxygens (including phenoxy) is 4. The standard InChI is InChI=1S/C21H28N2O8/c1-14(30-12-21-9-7-17(8-10-21)31-13-21)18(19(24)28-2)22-20(25)29-11-15-3-5-16(6-4-15)23(26)27/h3-6,14,17-18H,7-13H2,1-2H3,(H,22,25)/t14-,17?,18+,21?/m1/s1. The van der Waals surface area contributed by atoms with Crippen LogP contribution in [0.3, 0.4) is 0 Å². The molecule has 3 aliphatic rings. The Bertz CT molecular complexity index is 775. The number of esters is 1. The summed E-state index contributed by atoms with van der Waals surface area (Å²) in [6, 6.07) is 4.61. The largest absolute Gasteiger partial charge is 0.467 e. The van der Waals surface area contributed by atoms with Crippen molar-refractivity contribution in [2.75, 3.05) is 20.3 Å². The molecule has 31 heavy (non-hydrogen) atoms. The molecule has 2 heterocycles. The predicted molar refractivity (Wildman–Crippen MR) is 108 cm³/mol. The van der Waals surface area contributed by atoms with Crippen LogP contribution in [0.25, 0.3) is 0 Å². The summed E-state index contributed by atoms with van der Waals surface area (Å²) in [7, 11) is 1.24. The van der Waals surface area contributed by atoms with E-state index in [2.05, 4.69) is 5.32 Å². The lowest BCUT2D eigenvalue weighted by molar-refractivity contribution is -0.384. The van der Waals surface area contributed by atoms with Crippen LogP contribution in [-0.2, 0) is 30.3 Å². The Kier molecular flexibility index (Phi) is 7.45. The fourth-order valence-corrected chi connectivity index (χ4v) is 3.93. The molecule has 0 aromatic heterocycles. The summed E-state index contributed by atoms with van der Waals surface area (Å²) in [5.74, 6) is -0.638. The number of rotatable bonds is 9. The first-order valence-corrected chi connectivity index (χ1v) is 10.3. The Morgan fingerprint density at radius 1 is 1.29 bits per heavy atom. The van der Waals surface area contributed by atoms with Crippen LogP contribution in [0.1, 0.15) is 38.2 Å². The van der Waals surface area contributed by atoms with E-state index in [1.807, 2.05) is 0 Å². The zero-order chi connectivity index (χ0) is 22.4. The number of nitrogens with zero attached hydrogens (tertiary/aromatic N) is 1. The molecule has 1 saturated carbocycles. The normalized spacial score (nSPS) is 24.1. The van der Waals surface area contributed by atoms with Gasteiger partial charge in [0.25, 0.3) is 5.69 Å². The summed E-state index contributed by atoms with van der Waals surface area (Å²) < 4.78 is 21.7. The third kappa shape index (κ3) is 5.92. The number of nitrogens with one attached hydrogen (secondary N) is 1. The summed E-state index contributed by atoms with van der Waals surface area (Å²) >= 11 is 0. The third-order valence-corrected chi connectivity index (χ3v) is 5.99. The minimum Gasteiger partial charge on any atom is -0.467 e. The number of fused-ring (bicyclic) bond motifs is 3. The molecule has 3 fully saturated rings. The summed E-state index contributed by atoms with van der Waals surface area (Å²) in [4.78, 5) is 34.6. The van der Waals surface area contributed by atoms with Crippen LogP contribution in [0.2, 0.25) is 0 Å². The van der Waals surface area contributed by atoms with Crippen LogP contribution in [0.4, 0.5) is 10.5 Å². The van der Waals surface area contributed by atoms with Crippen molar-refractivity contribution in [1.82, 2.24) is 5.32 Å². The Hall–Kier alpha value is -2.72. The molecule has 10 heteroatoms. The van der Waals surface area contributed by atoms with Crippen molar-refractivity contribution in [3.63, 3.8) is 0 Å². The number of benzene rings is 1. The van der Waals surface area contributed by atoms with Crippen LogP contribution in [0.15, 0.2) is 24.3 Å². The SMILES string of the molecule is COC(=O)[C@@H](NC(=O)OCc1ccc([N+](=O)[O-])cc1)[C@@H](C)OCC12CCC(CC1)OC2. The van der Waals surface area contributed by atoms with Gasteiger partial charge in [-0.3, -0.25) is 10.1 Å². The molecule has 1 aliphatic carbocycles. The Morgan fingerprint density at radius 2 is 1.97 bits per heavy atom. The van der Waals surface area contributed by atoms with E-state index >= 15 is 0 Å². The van der Waals surface area contributed by atoms with E-state index in [0.717, 1.165) is 25.7 Å². The van der Waals surface area contributed by atoms with Gasteiger partial charge in [-0.2, -0.15) is 0 Å². The van der Waals surface area contributed by atoms with E-state index in [1.54, 1.807) is 6.92 Å². The number of alkyl carbamates (subject to hydrolysis) is 1. The first kappa shape index (κ1) is 23.0. The van der Waals surface area contributed by atoms with Crippen molar-refractivity contribution < 1.29 is 33.5 Å². The second kappa shape index (κ2) is 10.1. The Labute approximate surface area is 180 Å². The molecular formula is C21H28N2O8. The van der Waals surface area contributed by atoms with Gasteiger partial charge in [0.2, 0.25) is 0 Å². The van der Waals surface area contributed by atoms with Crippen LogP contribution in [-0.4, -0.2) is 55.6 Å². The third-order valence-electron chi connectivity index (χ3n) is 5.99. The van der Waals surface area contributed by atoms with Crippen molar-refractivity contribution >= 4 is 17.7 Å². The van der Waals surface area contributed by atoms with E-state index in [0.29, 0.717) is 24.9 Å². The summed E-state index contributed by atoms with van der Waals surface area (Å²) in [5, 5.41) is 13.2. The average Bonchev–Trinajstić information content (AvgIpc) is 2.80. The first-order chi connectivity index (χ1) is 14.8. The van der Waals surface area contributed by atoms with Gasteiger partial charge in [0.15, 0.2) is 6.04 Å². The molecule has 2 aliphatic heterocycles. The quantitative estimate of drug-likeness (QED) is 0.356. The van der Waals surface area contributed by atoms with Gasteiger partial charge in [-0.25, -0.2) is 9.59 Å². The second-order valence-electron chi connectivity index (χ2n) is 8.17. The Balaban J connectivity index is 1.51. The number of nitro benzene ring substituents is 1. The average molecular weight is 436 g/mol. The monoisotopic (exact) mass is 436 g/mol. The molecule has 10 nitrogen and oxygen atoms in total. The van der Waals surface area contributed by atoms with Crippen LogP contribution >= 0.6 is 0 Å². The van der Waals surface area contributed by atoms with E-state index in [4.69, 9.17) is 18.9 Å². The molecule has 1 N–H and O–H groups in total. The molecular weight excluding hydrogens is 408 g/mol. The minimum atomic E-state index is -1.04. The summed E-state index contributed by atoms with van der Waals surface area (Å²) in [6.45, 7) is 2.69. The summed E-state index contributed by atoms with van der Waals surface area (Å²) in [6.07, 6.45) is 3.00. The molecule has 2 atom stereocenters. The maximum atomic E-state index is 12.2. The van der Waals surface area contributed by atoms with Gasteiger partial charge in [-0.15, -0.1) is 0 Å². The molecule has 1 aromatic carbocycles. The van der Waals surface area contributed by atoms with Crippen molar-refractivity contribution in [1.29, 1.82) is 0 Å². The van der Waals surface area contributed by atoms with Gasteiger partial charge < -0.3 is 24.3 Å². The van der Waals surface area contributed by atoms with Gasteiger partial charge in [-0.1, -0.05) is 0 Å². The number of hydrogen-bond acceptors (Lipinski definition) is 8. The molecule has 2 bridgehead atoms. The highest BCUT2D eigenvalue weighted by molar-refractivity contribution is 5.81. The number of methoxy groups -OCH3 is 1. The number of carbonyl (C=O) groups excluding carboxylic acids is 2. The molecule has 0 spiro atoms. The molecule has 0 radical (unpaired) electrons. The number of carbonyl (C=O) groups is 2. The maximum absolute atomic E-state index is 12.2. The van der Waals surface area contributed by atoms with Crippen molar-refractivity contribution in [2.45, 2.75) is 57.5 Å². The number of nitro groups is 1. The molecule has 170 valence electrons. The predicted octanol–water partition coefficient (Wildman–Crippen LogP) is 2.73. The van der Waals surface area contributed by atoms with E-state index in [9.17, 15) is 19.7 Å². The highest BCUT2D eigenvalue weighted by atomic mass is 16.6. The molecule has 0 unspecified atom stereocenters. The first-order valence-electron chi connectivity index (χ1n) is 10.3. The zero-order valence-corrected chi connectivity index (χ0v) is 17.7. The van der Waals surface area contributed by atoms with E-state index in [1.165, 1.54) is 31.4 Å². The van der Waals surface area contributed by atoms with Gasteiger partial charge in [0.1, 0.15) is 6.61 Å². The number of non-ortho nitro benzene ring substituents is 1. The lowest BCUT2D eigenvalue weighted by atomic mass is 9.72. The van der Waals surface area contributed by atoms with Crippen LogP contribution in [0.5, 0.6) is 0 Å². The van der Waals surface area contributed by atoms with Crippen molar-refractivity contribution in [3.05, 3.63) is 39.9 Å². The van der Waals surface area contributed by atoms with Gasteiger partial charge in [0.05, 0.1) is 37.5 Å². The maximum Gasteiger partial charge on any atom is 0.408 e. The number of amides is 1. The fraction of sp³-hybridized carbons (Fsp3) is 0.619. The topological polar surface area (TPSA) is 126 Å². The van der Waals surface area contributed by atoms with Crippen molar-refractivity contribution in [2.24, 2.45) is 5.41 Å². The molecule has 1 aromatic rings. The molecule has 4 rings (SSSR count). The summed E-state index contributed by atoms with van der Waals surface area (Å²) in [5.41, 5.74) is 0.480. The lowest BCUT2D eigenvalue weighted by Crippen LogP contribution is -2.51. The van der Waals surface area contributed by atoms with Crippen molar-refractivity contribution in [3.8, 4) is 0 Å². The van der Waals surface area contributed by atoms with Crippen LogP contribution in [0, 0.1) is 15.5 Å². The zero-order valence-electron chi connectivity index (χ0n) is 17.7. The molecule has 1 amide bonds. The van der Waals surface area contributed by atoms with Crippen LogP contribution < -0.4 is 5.32 Å². The molecule has 2 saturated heterocycles. The highest BCUT2D eigenvalue weighted by Crippen LogP contribution is 2.43. The highest BCUT2D eigenvalue weighted by Gasteiger charge is 2.42.